The number of aryl methyl sites for hydroxylation is 1. The zero-order valence-corrected chi connectivity index (χ0v) is 22.8. The molecule has 39 heavy (non-hydrogen) atoms. The van der Waals surface area contributed by atoms with Gasteiger partial charge in [-0.05, 0) is 62.8 Å². The van der Waals surface area contributed by atoms with Crippen LogP contribution in [-0.4, -0.2) is 41.6 Å². The molecular formula is C29H35F3O6S. The standard InChI is InChI=1S/C29H35F3O6S/c1-3-5-6-9-21-18-22(29(30,31)32)28(39-21)26-16-19-12-13-20(17-25(19)38-26)36-14-7-10-23(33)24(34)11-8-15-37-27(35)4-2/h4,12-13,16-18,23-24,33-34H,2-3,5-11,14-15H2,1H3. The summed E-state index contributed by atoms with van der Waals surface area (Å²) in [6.45, 7) is 5.76. The highest BCUT2D eigenvalue weighted by molar-refractivity contribution is 7.15. The fraction of sp³-hybridized carbons (Fsp3) is 0.483. The maximum atomic E-state index is 13.7. The third-order valence-electron chi connectivity index (χ3n) is 6.24. The molecule has 214 valence electrons. The van der Waals surface area contributed by atoms with E-state index in [0.717, 1.165) is 36.7 Å². The lowest BCUT2D eigenvalue weighted by atomic mass is 10.0. The van der Waals surface area contributed by atoms with Gasteiger partial charge in [0.2, 0.25) is 0 Å². The zero-order valence-electron chi connectivity index (χ0n) is 22.0. The second-order valence-corrected chi connectivity index (χ2v) is 10.5. The van der Waals surface area contributed by atoms with Gasteiger partial charge < -0.3 is 24.1 Å². The molecule has 0 bridgehead atoms. The number of esters is 1. The molecule has 0 aliphatic heterocycles. The molecular weight excluding hydrogens is 533 g/mol. The number of aliphatic hydroxyl groups is 2. The number of rotatable bonds is 16. The van der Waals surface area contributed by atoms with Gasteiger partial charge in [-0.3, -0.25) is 0 Å². The molecule has 6 nitrogen and oxygen atoms in total. The number of carbonyl (C=O) groups excluding carboxylic acids is 1. The molecule has 0 aliphatic rings. The van der Waals surface area contributed by atoms with Crippen molar-refractivity contribution in [3.8, 4) is 16.4 Å². The van der Waals surface area contributed by atoms with E-state index in [2.05, 4.69) is 13.5 Å². The van der Waals surface area contributed by atoms with Crippen LogP contribution in [0.15, 0.2) is 47.4 Å². The molecule has 0 saturated carbocycles. The predicted octanol–water partition coefficient (Wildman–Crippen LogP) is 7.30. The maximum absolute atomic E-state index is 13.7. The molecule has 2 aromatic heterocycles. The van der Waals surface area contributed by atoms with E-state index in [-0.39, 0.29) is 30.3 Å². The number of carbonyl (C=O) groups is 1. The number of fused-ring (bicyclic) bond motifs is 1. The minimum Gasteiger partial charge on any atom is -0.493 e. The lowest BCUT2D eigenvalue weighted by Crippen LogP contribution is -2.26. The summed E-state index contributed by atoms with van der Waals surface area (Å²) in [5.74, 6) is 0.137. The Balaban J connectivity index is 1.55. The van der Waals surface area contributed by atoms with Gasteiger partial charge in [-0.25, -0.2) is 4.79 Å². The fourth-order valence-corrected chi connectivity index (χ4v) is 5.28. The third-order valence-corrected chi connectivity index (χ3v) is 7.45. The quantitative estimate of drug-likeness (QED) is 0.107. The first-order valence-electron chi connectivity index (χ1n) is 13.1. The van der Waals surface area contributed by atoms with Gasteiger partial charge in [0.1, 0.15) is 17.1 Å². The van der Waals surface area contributed by atoms with Crippen molar-refractivity contribution in [3.05, 3.63) is 53.4 Å². The SMILES string of the molecule is C=CC(=O)OCCCC(O)C(O)CCCOc1ccc2cc(-c3sc(CCCCC)cc3C(F)(F)F)oc2c1. The second kappa shape index (κ2) is 14.5. The smallest absolute Gasteiger partial charge is 0.417 e. The summed E-state index contributed by atoms with van der Waals surface area (Å²) < 4.78 is 57.6. The molecule has 0 radical (unpaired) electrons. The molecule has 2 unspecified atom stereocenters. The van der Waals surface area contributed by atoms with E-state index in [1.54, 1.807) is 24.3 Å². The van der Waals surface area contributed by atoms with Crippen LogP contribution >= 0.6 is 11.3 Å². The van der Waals surface area contributed by atoms with Gasteiger partial charge in [0.15, 0.2) is 0 Å². The Kier molecular flexibility index (Phi) is 11.4. The number of hydrogen-bond acceptors (Lipinski definition) is 7. The van der Waals surface area contributed by atoms with E-state index in [0.29, 0.717) is 47.3 Å². The van der Waals surface area contributed by atoms with E-state index in [1.807, 2.05) is 0 Å². The summed E-state index contributed by atoms with van der Waals surface area (Å²) in [6, 6.07) is 7.94. The summed E-state index contributed by atoms with van der Waals surface area (Å²) in [6.07, 6.45) is -0.418. The fourth-order valence-electron chi connectivity index (χ4n) is 4.11. The first kappa shape index (κ1) is 30.7. The summed E-state index contributed by atoms with van der Waals surface area (Å²) in [5.41, 5.74) is -0.253. The summed E-state index contributed by atoms with van der Waals surface area (Å²) >= 11 is 1.12. The number of furan rings is 1. The third kappa shape index (κ3) is 9.12. The van der Waals surface area contributed by atoms with Crippen LogP contribution in [0.25, 0.3) is 21.6 Å². The molecule has 0 spiro atoms. The molecule has 2 heterocycles. The topological polar surface area (TPSA) is 89.1 Å². The van der Waals surface area contributed by atoms with Gasteiger partial charge in [0, 0.05) is 22.4 Å². The molecule has 1 aromatic carbocycles. The van der Waals surface area contributed by atoms with Crippen LogP contribution in [0, 0.1) is 0 Å². The Bertz CT molecular complexity index is 1220. The van der Waals surface area contributed by atoms with Crippen LogP contribution in [0.3, 0.4) is 0 Å². The molecule has 0 amide bonds. The number of thiophene rings is 1. The molecule has 10 heteroatoms. The average molecular weight is 569 g/mol. The van der Waals surface area contributed by atoms with Crippen molar-refractivity contribution >= 4 is 28.3 Å². The van der Waals surface area contributed by atoms with Crippen molar-refractivity contribution in [2.24, 2.45) is 0 Å². The number of aliphatic hydroxyl groups excluding tert-OH is 2. The van der Waals surface area contributed by atoms with Crippen molar-refractivity contribution in [1.29, 1.82) is 0 Å². The minimum absolute atomic E-state index is 0.0825. The number of ether oxygens (including phenoxy) is 2. The number of alkyl halides is 3. The predicted molar refractivity (Wildman–Crippen MR) is 145 cm³/mol. The highest BCUT2D eigenvalue weighted by Gasteiger charge is 2.36. The van der Waals surface area contributed by atoms with Crippen molar-refractivity contribution in [2.75, 3.05) is 13.2 Å². The van der Waals surface area contributed by atoms with Crippen molar-refractivity contribution < 1.29 is 42.1 Å². The summed E-state index contributed by atoms with van der Waals surface area (Å²) in [4.78, 5) is 11.8. The molecule has 0 saturated heterocycles. The molecule has 0 aliphatic carbocycles. The van der Waals surface area contributed by atoms with Gasteiger partial charge in [0.25, 0.3) is 0 Å². The normalized spacial score (nSPS) is 13.4. The van der Waals surface area contributed by atoms with Crippen LogP contribution < -0.4 is 4.74 Å². The molecule has 2 N–H and O–H groups in total. The van der Waals surface area contributed by atoms with E-state index in [9.17, 15) is 28.2 Å². The van der Waals surface area contributed by atoms with Crippen LogP contribution in [0.1, 0.15) is 62.3 Å². The van der Waals surface area contributed by atoms with Gasteiger partial charge in [-0.2, -0.15) is 13.2 Å². The van der Waals surface area contributed by atoms with Crippen LogP contribution in [0.2, 0.25) is 0 Å². The van der Waals surface area contributed by atoms with E-state index >= 15 is 0 Å². The highest BCUT2D eigenvalue weighted by Crippen LogP contribution is 2.44. The molecule has 2 atom stereocenters. The van der Waals surface area contributed by atoms with Gasteiger partial charge in [-0.15, -0.1) is 11.3 Å². The Morgan fingerprint density at radius 2 is 1.79 bits per heavy atom. The Labute approximate surface area is 230 Å². The van der Waals surface area contributed by atoms with E-state index < -0.39 is 29.9 Å². The largest absolute Gasteiger partial charge is 0.493 e. The van der Waals surface area contributed by atoms with E-state index in [1.165, 1.54) is 6.07 Å². The Morgan fingerprint density at radius 3 is 2.46 bits per heavy atom. The average Bonchev–Trinajstić information content (AvgIpc) is 3.53. The van der Waals surface area contributed by atoms with Crippen LogP contribution in [0.4, 0.5) is 13.2 Å². The molecule has 3 rings (SSSR count). The summed E-state index contributed by atoms with van der Waals surface area (Å²) in [7, 11) is 0. The Hall–Kier alpha value is -2.82. The molecule has 3 aromatic rings. The summed E-state index contributed by atoms with van der Waals surface area (Å²) in [5, 5.41) is 20.9. The second-order valence-electron chi connectivity index (χ2n) is 9.36. The lowest BCUT2D eigenvalue weighted by molar-refractivity contribution is -0.138. The maximum Gasteiger partial charge on any atom is 0.417 e. The Morgan fingerprint density at radius 1 is 1.08 bits per heavy atom. The van der Waals surface area contributed by atoms with Crippen LogP contribution in [0.5, 0.6) is 5.75 Å². The number of benzene rings is 1. The highest BCUT2D eigenvalue weighted by atomic mass is 32.1. The van der Waals surface area contributed by atoms with Gasteiger partial charge >= 0.3 is 12.1 Å². The number of hydrogen-bond donors (Lipinski definition) is 2. The van der Waals surface area contributed by atoms with Crippen molar-refractivity contribution in [3.63, 3.8) is 0 Å². The molecule has 0 fully saturated rings. The van der Waals surface area contributed by atoms with Crippen molar-refractivity contribution in [1.82, 2.24) is 0 Å². The number of unbranched alkanes of at least 4 members (excludes halogenated alkanes) is 2. The lowest BCUT2D eigenvalue weighted by Gasteiger charge is -2.17. The minimum atomic E-state index is -4.47. The first-order chi connectivity index (χ1) is 18.6. The van der Waals surface area contributed by atoms with Gasteiger partial charge in [-0.1, -0.05) is 26.3 Å². The monoisotopic (exact) mass is 568 g/mol. The number of halogens is 3. The van der Waals surface area contributed by atoms with E-state index in [4.69, 9.17) is 13.9 Å². The van der Waals surface area contributed by atoms with Gasteiger partial charge in [0.05, 0.1) is 35.9 Å². The zero-order chi connectivity index (χ0) is 28.4. The van der Waals surface area contributed by atoms with Crippen LogP contribution in [-0.2, 0) is 22.1 Å². The first-order valence-corrected chi connectivity index (χ1v) is 14.0. The van der Waals surface area contributed by atoms with Crippen molar-refractivity contribution in [2.45, 2.75) is 76.7 Å².